The molecule has 3 heterocycles. The van der Waals surface area contributed by atoms with Crippen LogP contribution in [0.4, 0.5) is 5.82 Å². The van der Waals surface area contributed by atoms with Gasteiger partial charge in [-0.3, -0.25) is 19.0 Å². The van der Waals surface area contributed by atoms with E-state index in [1.165, 1.54) is 4.68 Å². The third-order valence-electron chi connectivity index (χ3n) is 4.26. The molecule has 1 fully saturated rings. The van der Waals surface area contributed by atoms with Crippen LogP contribution in [0, 0.1) is 0 Å². The summed E-state index contributed by atoms with van der Waals surface area (Å²) >= 11 is 0. The average Bonchev–Trinajstić information content (AvgIpc) is 3.26. The maximum absolute atomic E-state index is 12.6. The number of aryl methyl sites for hydroxylation is 1. The Morgan fingerprint density at radius 1 is 1.37 bits per heavy atom. The number of Topliss-reactive ketones (excluding diaryl/α,β-unsaturated/α-hetero) is 1. The molecule has 0 radical (unpaired) electrons. The molecule has 0 aliphatic carbocycles. The summed E-state index contributed by atoms with van der Waals surface area (Å²) in [5.74, 6) is 0.149. The Kier molecular flexibility index (Phi) is 5.16. The lowest BCUT2D eigenvalue weighted by Crippen LogP contribution is -2.26. The van der Waals surface area contributed by atoms with Gasteiger partial charge in [0.25, 0.3) is 5.91 Å². The first kappa shape index (κ1) is 19.2. The number of hydrogen-bond donors (Lipinski definition) is 1. The zero-order valence-electron chi connectivity index (χ0n) is 16.3. The lowest BCUT2D eigenvalue weighted by molar-refractivity contribution is -0.117. The summed E-state index contributed by atoms with van der Waals surface area (Å²) < 4.78 is 13.9. The Morgan fingerprint density at radius 2 is 2.11 bits per heavy atom. The van der Waals surface area contributed by atoms with E-state index in [9.17, 15) is 9.59 Å². The monoisotopic (exact) mass is 375 g/mol. The normalized spacial score (nSPS) is 17.5. The smallest absolute Gasteiger partial charge is 0.275 e. The number of carbonyl (C=O) groups excluding carboxylic acids is 2. The van der Waals surface area contributed by atoms with Gasteiger partial charge >= 0.3 is 0 Å². The summed E-state index contributed by atoms with van der Waals surface area (Å²) in [6.45, 7) is 6.45. The maximum atomic E-state index is 12.6. The number of nitrogens with zero attached hydrogens (tertiary/aromatic N) is 4. The van der Waals surface area contributed by atoms with E-state index in [-0.39, 0.29) is 29.9 Å². The summed E-state index contributed by atoms with van der Waals surface area (Å²) in [5, 5.41) is 11.6. The van der Waals surface area contributed by atoms with E-state index in [1.54, 1.807) is 31.0 Å². The van der Waals surface area contributed by atoms with Crippen LogP contribution in [0.3, 0.4) is 0 Å². The van der Waals surface area contributed by atoms with E-state index in [2.05, 4.69) is 15.5 Å². The van der Waals surface area contributed by atoms with Gasteiger partial charge in [-0.15, -0.1) is 0 Å². The number of ketones is 1. The molecule has 0 aromatic carbocycles. The van der Waals surface area contributed by atoms with Crippen molar-refractivity contribution < 1.29 is 19.1 Å². The second-order valence-corrected chi connectivity index (χ2v) is 7.61. The lowest BCUT2D eigenvalue weighted by Gasteiger charge is -2.24. The van der Waals surface area contributed by atoms with Crippen LogP contribution < -0.4 is 5.32 Å². The quantitative estimate of drug-likeness (QED) is 0.855. The van der Waals surface area contributed by atoms with Crippen molar-refractivity contribution in [3.8, 4) is 0 Å². The van der Waals surface area contributed by atoms with Gasteiger partial charge in [-0.25, -0.2) is 0 Å². The predicted octanol–water partition coefficient (Wildman–Crippen LogP) is 1.80. The molecule has 1 aliphatic rings. The summed E-state index contributed by atoms with van der Waals surface area (Å²) in [4.78, 5) is 24.3. The highest BCUT2D eigenvalue weighted by Gasteiger charge is 2.31. The molecule has 1 aliphatic heterocycles. The van der Waals surface area contributed by atoms with Crippen molar-refractivity contribution in [2.75, 3.05) is 19.0 Å². The molecule has 0 spiro atoms. The Labute approximate surface area is 157 Å². The Morgan fingerprint density at radius 3 is 2.70 bits per heavy atom. The zero-order valence-corrected chi connectivity index (χ0v) is 16.3. The van der Waals surface area contributed by atoms with Crippen LogP contribution in [0.1, 0.15) is 55.2 Å². The third kappa shape index (κ3) is 4.09. The standard InChI is InChI=1S/C18H25N5O4/c1-18(2,3)23-13(15-7-12(24)10-27-15)8-16(21-23)19-17(25)14-6-11(9-26-5)20-22(14)4/h6,8,15H,7,9-10H2,1-5H3,(H,19,21,25). The van der Waals surface area contributed by atoms with Crippen LogP contribution in [0.25, 0.3) is 0 Å². The third-order valence-corrected chi connectivity index (χ3v) is 4.26. The minimum Gasteiger partial charge on any atom is -0.378 e. The molecule has 1 atom stereocenters. The molecule has 3 rings (SSSR count). The molecule has 1 N–H and O–H groups in total. The van der Waals surface area contributed by atoms with Crippen molar-refractivity contribution >= 4 is 17.5 Å². The van der Waals surface area contributed by atoms with E-state index < -0.39 is 0 Å². The number of hydrogen-bond acceptors (Lipinski definition) is 6. The number of methoxy groups -OCH3 is 1. The SMILES string of the molecule is COCc1cc(C(=O)Nc2cc(C3CC(=O)CO3)n(C(C)(C)C)n2)n(C)n1. The van der Waals surface area contributed by atoms with Crippen molar-refractivity contribution in [2.45, 2.75) is 45.4 Å². The van der Waals surface area contributed by atoms with Gasteiger partial charge in [-0.05, 0) is 26.8 Å². The fraction of sp³-hybridized carbons (Fsp3) is 0.556. The number of ether oxygens (including phenoxy) is 2. The molecular formula is C18H25N5O4. The molecule has 2 aromatic heterocycles. The van der Waals surface area contributed by atoms with Gasteiger partial charge in [0.1, 0.15) is 18.4 Å². The minimum atomic E-state index is -0.347. The van der Waals surface area contributed by atoms with Crippen LogP contribution in [-0.2, 0) is 33.5 Å². The second kappa shape index (κ2) is 7.24. The van der Waals surface area contributed by atoms with Crippen molar-refractivity contribution in [2.24, 2.45) is 7.05 Å². The number of anilines is 1. The van der Waals surface area contributed by atoms with Gasteiger partial charge in [-0.1, -0.05) is 0 Å². The van der Waals surface area contributed by atoms with Crippen LogP contribution in [0.5, 0.6) is 0 Å². The van der Waals surface area contributed by atoms with Crippen molar-refractivity contribution in [1.29, 1.82) is 0 Å². The van der Waals surface area contributed by atoms with Crippen molar-refractivity contribution in [3.63, 3.8) is 0 Å². The number of carbonyl (C=O) groups is 2. The molecule has 1 unspecified atom stereocenters. The summed E-state index contributed by atoms with van der Waals surface area (Å²) in [6.07, 6.45) is -0.0306. The first-order chi connectivity index (χ1) is 12.7. The molecule has 0 saturated carbocycles. The highest BCUT2D eigenvalue weighted by molar-refractivity contribution is 6.02. The van der Waals surface area contributed by atoms with Gasteiger partial charge in [0.05, 0.1) is 23.5 Å². The van der Waals surface area contributed by atoms with Crippen LogP contribution in [0.15, 0.2) is 12.1 Å². The number of aromatic nitrogens is 4. The largest absolute Gasteiger partial charge is 0.378 e. The second-order valence-electron chi connectivity index (χ2n) is 7.61. The van der Waals surface area contributed by atoms with Crippen LogP contribution in [0.2, 0.25) is 0 Å². The summed E-state index contributed by atoms with van der Waals surface area (Å²) in [5.41, 5.74) is 1.52. The molecule has 0 bridgehead atoms. The van der Waals surface area contributed by atoms with Gasteiger partial charge in [0.15, 0.2) is 11.6 Å². The van der Waals surface area contributed by atoms with E-state index in [1.807, 2.05) is 20.8 Å². The number of nitrogens with one attached hydrogen (secondary N) is 1. The van der Waals surface area contributed by atoms with E-state index in [4.69, 9.17) is 9.47 Å². The summed E-state index contributed by atoms with van der Waals surface area (Å²) in [7, 11) is 3.27. The highest BCUT2D eigenvalue weighted by Crippen LogP contribution is 2.32. The molecule has 2 aromatic rings. The first-order valence-corrected chi connectivity index (χ1v) is 8.76. The fourth-order valence-electron chi connectivity index (χ4n) is 3.07. The Balaban J connectivity index is 1.85. The molecule has 9 heteroatoms. The lowest BCUT2D eigenvalue weighted by atomic mass is 10.1. The molecule has 27 heavy (non-hydrogen) atoms. The summed E-state index contributed by atoms with van der Waals surface area (Å²) in [6, 6.07) is 3.44. The zero-order chi connectivity index (χ0) is 19.8. The highest BCUT2D eigenvalue weighted by atomic mass is 16.5. The molecular weight excluding hydrogens is 350 g/mol. The fourth-order valence-corrected chi connectivity index (χ4v) is 3.07. The Hall–Kier alpha value is -2.52. The molecule has 1 saturated heterocycles. The van der Waals surface area contributed by atoms with Crippen molar-refractivity contribution in [3.05, 3.63) is 29.2 Å². The van der Waals surface area contributed by atoms with E-state index in [0.717, 1.165) is 5.69 Å². The van der Waals surface area contributed by atoms with Crippen molar-refractivity contribution in [1.82, 2.24) is 19.6 Å². The predicted molar refractivity (Wildman–Crippen MR) is 97.4 cm³/mol. The topological polar surface area (TPSA) is 100 Å². The van der Waals surface area contributed by atoms with Gasteiger partial charge in [-0.2, -0.15) is 10.2 Å². The average molecular weight is 375 g/mol. The van der Waals surface area contributed by atoms with Crippen LogP contribution in [-0.4, -0.2) is 45.0 Å². The minimum absolute atomic E-state index is 0.0628. The number of rotatable bonds is 5. The van der Waals surface area contributed by atoms with Gasteiger partial charge < -0.3 is 14.8 Å². The number of amides is 1. The van der Waals surface area contributed by atoms with Crippen LogP contribution >= 0.6 is 0 Å². The van der Waals surface area contributed by atoms with E-state index >= 15 is 0 Å². The first-order valence-electron chi connectivity index (χ1n) is 8.76. The maximum Gasteiger partial charge on any atom is 0.275 e. The molecule has 1 amide bonds. The molecule has 9 nitrogen and oxygen atoms in total. The Bertz CT molecular complexity index is 862. The van der Waals surface area contributed by atoms with Gasteiger partial charge in [0, 0.05) is 26.6 Å². The molecule has 146 valence electrons. The van der Waals surface area contributed by atoms with E-state index in [0.29, 0.717) is 30.2 Å². The van der Waals surface area contributed by atoms with Gasteiger partial charge in [0.2, 0.25) is 0 Å².